The Kier molecular flexibility index (Phi) is 8.26. The SMILES string of the molecule is CC(=O)[C@H](CCN)NC(=O)[C@@H](NC(=O)C1CNCC(O)C1)C(C)O. The summed E-state index contributed by atoms with van der Waals surface area (Å²) in [6, 6.07) is -1.94. The molecule has 0 aromatic rings. The molecule has 138 valence electrons. The zero-order chi connectivity index (χ0) is 18.3. The fraction of sp³-hybridized carbons (Fsp3) is 0.800. The van der Waals surface area contributed by atoms with Crippen LogP contribution in [0.3, 0.4) is 0 Å². The van der Waals surface area contributed by atoms with E-state index in [4.69, 9.17) is 5.73 Å². The van der Waals surface area contributed by atoms with E-state index in [1.54, 1.807) is 0 Å². The lowest BCUT2D eigenvalue weighted by atomic mass is 9.96. The Morgan fingerprint density at radius 1 is 1.29 bits per heavy atom. The van der Waals surface area contributed by atoms with Gasteiger partial charge in [-0.25, -0.2) is 0 Å². The van der Waals surface area contributed by atoms with Crippen LogP contribution in [0.25, 0.3) is 0 Å². The molecule has 0 saturated carbocycles. The van der Waals surface area contributed by atoms with Gasteiger partial charge in [0, 0.05) is 13.1 Å². The Morgan fingerprint density at radius 2 is 1.96 bits per heavy atom. The maximum Gasteiger partial charge on any atom is 0.245 e. The molecule has 3 unspecified atom stereocenters. The summed E-state index contributed by atoms with van der Waals surface area (Å²) < 4.78 is 0. The molecule has 1 aliphatic heterocycles. The Labute approximate surface area is 141 Å². The first-order valence-corrected chi connectivity index (χ1v) is 8.14. The average Bonchev–Trinajstić information content (AvgIpc) is 2.51. The molecule has 5 atom stereocenters. The highest BCUT2D eigenvalue weighted by atomic mass is 16.3. The van der Waals surface area contributed by atoms with Gasteiger partial charge in [-0.1, -0.05) is 0 Å². The largest absolute Gasteiger partial charge is 0.392 e. The summed E-state index contributed by atoms with van der Waals surface area (Å²) in [5, 5.41) is 27.3. The molecule has 1 aliphatic rings. The smallest absolute Gasteiger partial charge is 0.245 e. The predicted octanol–water partition coefficient (Wildman–Crippen LogP) is -2.75. The Hall–Kier alpha value is -1.55. The number of carbonyl (C=O) groups is 3. The second-order valence-corrected chi connectivity index (χ2v) is 6.22. The van der Waals surface area contributed by atoms with Crippen molar-refractivity contribution < 1.29 is 24.6 Å². The summed E-state index contributed by atoms with van der Waals surface area (Å²) in [6.07, 6.45) is -1.20. The van der Waals surface area contributed by atoms with Gasteiger partial charge in [0.25, 0.3) is 0 Å². The van der Waals surface area contributed by atoms with Crippen LogP contribution in [-0.4, -0.2) is 71.7 Å². The number of hydrogen-bond donors (Lipinski definition) is 6. The van der Waals surface area contributed by atoms with Crippen LogP contribution in [0, 0.1) is 5.92 Å². The molecule has 0 bridgehead atoms. The molecule has 1 rings (SSSR count). The van der Waals surface area contributed by atoms with E-state index < -0.39 is 42.0 Å². The lowest BCUT2D eigenvalue weighted by Gasteiger charge is -2.29. The van der Waals surface area contributed by atoms with E-state index in [1.807, 2.05) is 0 Å². The third-order valence-corrected chi connectivity index (χ3v) is 4.02. The minimum atomic E-state index is -1.18. The highest BCUT2D eigenvalue weighted by molar-refractivity contribution is 5.92. The van der Waals surface area contributed by atoms with Crippen molar-refractivity contribution in [3.8, 4) is 0 Å². The molecule has 9 nitrogen and oxygen atoms in total. The summed E-state index contributed by atoms with van der Waals surface area (Å²) in [4.78, 5) is 36.1. The first-order chi connectivity index (χ1) is 11.3. The molecular weight excluding hydrogens is 316 g/mol. The van der Waals surface area contributed by atoms with E-state index in [9.17, 15) is 24.6 Å². The van der Waals surface area contributed by atoms with Gasteiger partial charge in [-0.2, -0.15) is 0 Å². The molecule has 0 aliphatic carbocycles. The first-order valence-electron chi connectivity index (χ1n) is 8.14. The van der Waals surface area contributed by atoms with Gasteiger partial charge in [0.05, 0.1) is 24.2 Å². The van der Waals surface area contributed by atoms with Crippen molar-refractivity contribution in [2.75, 3.05) is 19.6 Å². The van der Waals surface area contributed by atoms with E-state index in [-0.39, 0.29) is 25.2 Å². The Morgan fingerprint density at radius 3 is 2.46 bits per heavy atom. The van der Waals surface area contributed by atoms with Crippen LogP contribution in [-0.2, 0) is 14.4 Å². The van der Waals surface area contributed by atoms with Crippen molar-refractivity contribution in [3.63, 3.8) is 0 Å². The molecule has 1 saturated heterocycles. The first kappa shape index (κ1) is 20.5. The number of rotatable bonds is 8. The van der Waals surface area contributed by atoms with Crippen LogP contribution < -0.4 is 21.7 Å². The molecule has 0 radical (unpaired) electrons. The Balaban J connectivity index is 2.69. The number of carbonyl (C=O) groups excluding carboxylic acids is 3. The van der Waals surface area contributed by atoms with Crippen LogP contribution in [0.4, 0.5) is 0 Å². The standard InChI is InChI=1S/C15H28N4O5/c1-8(20)12(3-4-16)18-15(24)13(9(2)21)19-14(23)10-5-11(22)7-17-6-10/h9-13,17,21-22H,3-7,16H2,1-2H3,(H,18,24)(H,19,23)/t9?,10?,11?,12-,13-/m0/s1. The van der Waals surface area contributed by atoms with Gasteiger partial charge in [0.15, 0.2) is 5.78 Å². The molecule has 0 aromatic heterocycles. The van der Waals surface area contributed by atoms with Crippen LogP contribution in [0.15, 0.2) is 0 Å². The number of β-amino-alcohol motifs (C(OH)–C–C–N with tert-alkyl or cyclic N) is 1. The average molecular weight is 344 g/mol. The van der Waals surface area contributed by atoms with Crippen molar-refractivity contribution in [2.45, 2.75) is 51.0 Å². The molecule has 24 heavy (non-hydrogen) atoms. The highest BCUT2D eigenvalue weighted by Crippen LogP contribution is 2.11. The second kappa shape index (κ2) is 9.67. The lowest BCUT2D eigenvalue weighted by molar-refractivity contribution is -0.135. The van der Waals surface area contributed by atoms with Gasteiger partial charge in [-0.15, -0.1) is 0 Å². The maximum atomic E-state index is 12.3. The summed E-state index contributed by atoms with van der Waals surface area (Å²) in [7, 11) is 0. The molecule has 1 heterocycles. The fourth-order valence-electron chi connectivity index (χ4n) is 2.60. The van der Waals surface area contributed by atoms with E-state index in [2.05, 4.69) is 16.0 Å². The van der Waals surface area contributed by atoms with Crippen molar-refractivity contribution in [1.82, 2.24) is 16.0 Å². The number of amides is 2. The van der Waals surface area contributed by atoms with Gasteiger partial charge in [0.2, 0.25) is 11.8 Å². The third kappa shape index (κ3) is 6.16. The molecule has 1 fully saturated rings. The fourth-order valence-corrected chi connectivity index (χ4v) is 2.60. The third-order valence-electron chi connectivity index (χ3n) is 4.02. The van der Waals surface area contributed by atoms with E-state index in [0.29, 0.717) is 13.1 Å². The zero-order valence-corrected chi connectivity index (χ0v) is 14.1. The topological polar surface area (TPSA) is 154 Å². The van der Waals surface area contributed by atoms with Crippen LogP contribution in [0.2, 0.25) is 0 Å². The van der Waals surface area contributed by atoms with Crippen molar-refractivity contribution in [2.24, 2.45) is 11.7 Å². The number of aliphatic hydroxyl groups excluding tert-OH is 2. The molecule has 2 amide bonds. The number of nitrogens with two attached hydrogens (primary N) is 1. The normalized spacial score (nSPS) is 24.5. The predicted molar refractivity (Wildman–Crippen MR) is 86.9 cm³/mol. The number of hydrogen-bond acceptors (Lipinski definition) is 7. The van der Waals surface area contributed by atoms with Crippen LogP contribution >= 0.6 is 0 Å². The number of nitrogens with one attached hydrogen (secondary N) is 3. The Bertz CT molecular complexity index is 457. The number of Topliss-reactive ketones (excluding diaryl/α,β-unsaturated/α-hetero) is 1. The summed E-state index contributed by atoms with van der Waals surface area (Å²) in [6.45, 7) is 3.75. The second-order valence-electron chi connectivity index (χ2n) is 6.22. The number of piperidine rings is 1. The zero-order valence-electron chi connectivity index (χ0n) is 14.1. The lowest BCUT2D eigenvalue weighted by Crippen LogP contribution is -2.58. The van der Waals surface area contributed by atoms with Crippen molar-refractivity contribution in [1.29, 1.82) is 0 Å². The number of ketones is 1. The molecule has 0 aromatic carbocycles. The van der Waals surface area contributed by atoms with Gasteiger partial charge >= 0.3 is 0 Å². The summed E-state index contributed by atoms with van der Waals surface area (Å²) in [5.74, 6) is -1.81. The minimum absolute atomic E-state index is 0.224. The van der Waals surface area contributed by atoms with E-state index >= 15 is 0 Å². The quantitative estimate of drug-likeness (QED) is 0.279. The minimum Gasteiger partial charge on any atom is -0.392 e. The summed E-state index contributed by atoms with van der Waals surface area (Å²) in [5.41, 5.74) is 5.42. The van der Waals surface area contributed by atoms with Gasteiger partial charge in [-0.05, 0) is 33.2 Å². The molecule has 9 heteroatoms. The van der Waals surface area contributed by atoms with Gasteiger partial charge in [-0.3, -0.25) is 14.4 Å². The van der Waals surface area contributed by atoms with Crippen LogP contribution in [0.1, 0.15) is 26.7 Å². The monoisotopic (exact) mass is 344 g/mol. The van der Waals surface area contributed by atoms with Gasteiger partial charge in [0.1, 0.15) is 6.04 Å². The summed E-state index contributed by atoms with van der Waals surface area (Å²) >= 11 is 0. The van der Waals surface area contributed by atoms with Crippen molar-refractivity contribution >= 4 is 17.6 Å². The number of aliphatic hydroxyl groups is 2. The molecule has 0 spiro atoms. The molecular formula is C15H28N4O5. The van der Waals surface area contributed by atoms with E-state index in [1.165, 1.54) is 13.8 Å². The van der Waals surface area contributed by atoms with E-state index in [0.717, 1.165) is 0 Å². The maximum absolute atomic E-state index is 12.3. The van der Waals surface area contributed by atoms with Gasteiger partial charge < -0.3 is 31.9 Å². The highest BCUT2D eigenvalue weighted by Gasteiger charge is 2.32. The van der Waals surface area contributed by atoms with Crippen LogP contribution in [0.5, 0.6) is 0 Å². The van der Waals surface area contributed by atoms with Crippen molar-refractivity contribution in [3.05, 3.63) is 0 Å². The molecule has 7 N–H and O–H groups in total.